The lowest BCUT2D eigenvalue weighted by molar-refractivity contribution is -0.0452. The number of aromatic nitrogens is 2. The second-order valence-corrected chi connectivity index (χ2v) is 13.6. The number of nitrogens with zero attached hydrogens (tertiary/aromatic N) is 1. The molecule has 2 heterocycles. The summed E-state index contributed by atoms with van der Waals surface area (Å²) in [5.74, 6) is 0. The summed E-state index contributed by atoms with van der Waals surface area (Å²) >= 11 is 0. The summed E-state index contributed by atoms with van der Waals surface area (Å²) in [4.78, 5) is 63.2. The summed E-state index contributed by atoms with van der Waals surface area (Å²) in [6.07, 6.45) is -2.98. The van der Waals surface area contributed by atoms with Gasteiger partial charge in [0, 0.05) is 12.6 Å². The quantitative estimate of drug-likeness (QED) is 0.143. The summed E-state index contributed by atoms with van der Waals surface area (Å²) < 4.78 is 58.2. The summed E-state index contributed by atoms with van der Waals surface area (Å²) in [5, 5.41) is 10.3. The van der Waals surface area contributed by atoms with Gasteiger partial charge in [-0.3, -0.25) is 18.9 Å². The molecule has 1 aliphatic heterocycles. The van der Waals surface area contributed by atoms with Gasteiger partial charge >= 0.3 is 29.2 Å². The molecule has 5 atom stereocenters. The molecule has 4 rings (SSSR count). The number of rotatable bonds is 13. The van der Waals surface area contributed by atoms with Gasteiger partial charge in [-0.15, -0.1) is 0 Å². The van der Waals surface area contributed by atoms with Gasteiger partial charge in [0.2, 0.25) is 0 Å². The molecule has 1 aliphatic rings. The molecule has 0 spiro atoms. The number of ether oxygens (including phenoxy) is 2. The fourth-order valence-corrected chi connectivity index (χ4v) is 7.20. The van der Waals surface area contributed by atoms with Crippen LogP contribution in [0.1, 0.15) is 23.8 Å². The zero-order valence-electron chi connectivity index (χ0n) is 21.9. The Morgan fingerprint density at radius 1 is 0.884 bits per heavy atom. The molecular formula is C23H27N2O15P3. The van der Waals surface area contributed by atoms with E-state index in [1.165, 1.54) is 6.20 Å². The first-order valence-electron chi connectivity index (χ1n) is 12.3. The van der Waals surface area contributed by atoms with Gasteiger partial charge in [-0.25, -0.2) is 18.5 Å². The number of phosphoric acid groups is 3. The molecule has 0 saturated carbocycles. The molecule has 6 N–H and O–H groups in total. The number of aliphatic hydroxyl groups excluding tert-OH is 1. The van der Waals surface area contributed by atoms with Crippen molar-refractivity contribution in [1.29, 1.82) is 0 Å². The van der Waals surface area contributed by atoms with E-state index in [1.54, 1.807) is 0 Å². The first kappa shape index (κ1) is 33.3. The predicted molar refractivity (Wildman–Crippen MR) is 146 cm³/mol. The fraction of sp³-hybridized carbons (Fsp3) is 0.304. The first-order chi connectivity index (χ1) is 20.1. The Kier molecular flexibility index (Phi) is 10.5. The van der Waals surface area contributed by atoms with Gasteiger partial charge in [-0.05, 0) is 16.7 Å². The van der Waals surface area contributed by atoms with Crippen LogP contribution in [0.4, 0.5) is 0 Å². The molecule has 0 radical (unpaired) electrons. The van der Waals surface area contributed by atoms with Crippen molar-refractivity contribution in [3.63, 3.8) is 0 Å². The Morgan fingerprint density at radius 3 is 2.23 bits per heavy atom. The van der Waals surface area contributed by atoms with E-state index in [1.807, 2.05) is 54.6 Å². The van der Waals surface area contributed by atoms with Crippen molar-refractivity contribution in [3.8, 4) is 11.1 Å². The lowest BCUT2D eigenvalue weighted by atomic mass is 10.0. The van der Waals surface area contributed by atoms with E-state index in [2.05, 4.69) is 18.1 Å². The Labute approximate surface area is 242 Å². The van der Waals surface area contributed by atoms with Crippen LogP contribution in [0.3, 0.4) is 0 Å². The van der Waals surface area contributed by atoms with E-state index in [0.29, 0.717) is 0 Å². The van der Waals surface area contributed by atoms with E-state index in [-0.39, 0.29) is 25.2 Å². The summed E-state index contributed by atoms with van der Waals surface area (Å²) in [6.45, 7) is -0.968. The van der Waals surface area contributed by atoms with Crippen LogP contribution in [-0.4, -0.2) is 53.0 Å². The summed E-state index contributed by atoms with van der Waals surface area (Å²) in [5.41, 5.74) is 1.26. The monoisotopic (exact) mass is 664 g/mol. The van der Waals surface area contributed by atoms with E-state index in [0.717, 1.165) is 21.3 Å². The zero-order chi connectivity index (χ0) is 31.4. The highest BCUT2D eigenvalue weighted by Crippen LogP contribution is 2.66. The van der Waals surface area contributed by atoms with E-state index >= 15 is 0 Å². The number of phosphoric ester groups is 1. The first-order valence-corrected chi connectivity index (χ1v) is 16.8. The molecule has 1 saturated heterocycles. The smallest absolute Gasteiger partial charge is 0.390 e. The van der Waals surface area contributed by atoms with Gasteiger partial charge in [-0.2, -0.15) is 8.62 Å². The molecule has 0 bridgehead atoms. The average molecular weight is 664 g/mol. The molecule has 2 aromatic carbocycles. The van der Waals surface area contributed by atoms with Gasteiger partial charge in [0.1, 0.15) is 12.3 Å². The van der Waals surface area contributed by atoms with Gasteiger partial charge in [-0.1, -0.05) is 54.6 Å². The molecule has 43 heavy (non-hydrogen) atoms. The number of aromatic amines is 1. The predicted octanol–water partition coefficient (Wildman–Crippen LogP) is 1.91. The van der Waals surface area contributed by atoms with Gasteiger partial charge in [0.25, 0.3) is 5.56 Å². The van der Waals surface area contributed by atoms with Crippen molar-refractivity contribution in [2.75, 3.05) is 6.61 Å². The molecule has 17 nitrogen and oxygen atoms in total. The van der Waals surface area contributed by atoms with E-state index in [4.69, 9.17) is 19.3 Å². The molecular weight excluding hydrogens is 637 g/mol. The van der Waals surface area contributed by atoms with Crippen molar-refractivity contribution in [3.05, 3.63) is 92.8 Å². The highest BCUT2D eigenvalue weighted by atomic mass is 31.3. The molecule has 3 aromatic rings. The van der Waals surface area contributed by atoms with Crippen LogP contribution in [0.5, 0.6) is 0 Å². The van der Waals surface area contributed by atoms with Gasteiger partial charge in [0.05, 0.1) is 31.5 Å². The van der Waals surface area contributed by atoms with Crippen LogP contribution in [0, 0.1) is 0 Å². The van der Waals surface area contributed by atoms with Crippen LogP contribution in [-0.2, 0) is 49.5 Å². The summed E-state index contributed by atoms with van der Waals surface area (Å²) in [7, 11) is -16.8. The highest BCUT2D eigenvalue weighted by molar-refractivity contribution is 7.66. The second-order valence-electron chi connectivity index (χ2n) is 9.16. The number of benzene rings is 2. The third kappa shape index (κ3) is 9.45. The van der Waals surface area contributed by atoms with Crippen LogP contribution < -0.4 is 11.2 Å². The molecule has 20 heteroatoms. The van der Waals surface area contributed by atoms with Crippen LogP contribution in [0.25, 0.3) is 11.1 Å². The zero-order valence-corrected chi connectivity index (χ0v) is 24.6. The van der Waals surface area contributed by atoms with E-state index < -0.39 is 59.8 Å². The number of aliphatic hydroxyl groups is 1. The minimum atomic E-state index is -5.73. The van der Waals surface area contributed by atoms with Crippen LogP contribution in [0.15, 0.2) is 70.4 Å². The normalized spacial score (nSPS) is 21.7. The third-order valence-electron chi connectivity index (χ3n) is 5.99. The molecule has 0 amide bonds. The highest BCUT2D eigenvalue weighted by Gasteiger charge is 2.43. The maximum Gasteiger partial charge on any atom is 0.490 e. The second kappa shape index (κ2) is 13.6. The fourth-order valence-electron chi connectivity index (χ4n) is 4.17. The third-order valence-corrected chi connectivity index (χ3v) is 9.79. The Morgan fingerprint density at radius 2 is 1.53 bits per heavy atom. The lowest BCUT2D eigenvalue weighted by Crippen LogP contribution is -2.34. The maximum atomic E-state index is 12.5. The minimum Gasteiger partial charge on any atom is -0.390 e. The van der Waals surface area contributed by atoms with Crippen molar-refractivity contribution < 1.29 is 61.0 Å². The van der Waals surface area contributed by atoms with Gasteiger partial charge in [0.15, 0.2) is 0 Å². The topological polar surface area (TPSA) is 253 Å². The standard InChI is InChI=1S/C23H27N2O15P3/c26-19-10-21(38-20(19)14-37-42(32,33)40-43(34,35)39-41(29,30)31)25-11-17(22(27)24-23(25)28)13-36-12-16-8-4-5-9-18(16)15-6-2-1-3-7-15/h1-9,11,19-21,26H,10,12-14H2,(H,32,33)(H,34,35)(H,24,27,28)(H2,29,30,31)/t19-,20+,21+/m0/s1. The van der Waals surface area contributed by atoms with Crippen molar-refractivity contribution >= 4 is 23.5 Å². The van der Waals surface area contributed by atoms with Crippen LogP contribution in [0.2, 0.25) is 0 Å². The Hall–Kier alpha value is -2.59. The largest absolute Gasteiger partial charge is 0.490 e. The molecule has 1 aromatic heterocycles. The number of H-pyrrole nitrogens is 1. The molecule has 0 aliphatic carbocycles. The average Bonchev–Trinajstić information content (AvgIpc) is 3.27. The molecule has 1 fully saturated rings. The van der Waals surface area contributed by atoms with Crippen molar-refractivity contribution in [1.82, 2.24) is 9.55 Å². The van der Waals surface area contributed by atoms with Crippen molar-refractivity contribution in [2.24, 2.45) is 0 Å². The number of nitrogens with one attached hydrogen (secondary N) is 1. The van der Waals surface area contributed by atoms with Crippen molar-refractivity contribution in [2.45, 2.75) is 38.1 Å². The number of hydrogen-bond donors (Lipinski definition) is 6. The lowest BCUT2D eigenvalue weighted by Gasteiger charge is -2.19. The number of hydrogen-bond acceptors (Lipinski definition) is 11. The SMILES string of the molecule is O=c1[nH]c(=O)n([C@H]2C[C@H](O)[C@@H](COP(=O)(O)OP(=O)(O)OP(=O)(O)O)O2)cc1COCc1ccccc1-c1ccccc1. The Bertz CT molecular complexity index is 1690. The Balaban J connectivity index is 1.39. The summed E-state index contributed by atoms with van der Waals surface area (Å²) in [6, 6.07) is 17.2. The maximum absolute atomic E-state index is 12.5. The van der Waals surface area contributed by atoms with Crippen LogP contribution >= 0.6 is 23.5 Å². The molecule has 234 valence electrons. The molecule has 2 unspecified atom stereocenters. The minimum absolute atomic E-state index is 0.0617. The van der Waals surface area contributed by atoms with E-state index in [9.17, 15) is 38.2 Å². The van der Waals surface area contributed by atoms with Gasteiger partial charge < -0.3 is 34.2 Å².